The van der Waals surface area contributed by atoms with Gasteiger partial charge in [0.1, 0.15) is 0 Å². The lowest BCUT2D eigenvalue weighted by Crippen LogP contribution is -1.96. The van der Waals surface area contributed by atoms with E-state index in [-0.39, 0.29) is 0 Å². The fourth-order valence-electron chi connectivity index (χ4n) is 1.38. The van der Waals surface area contributed by atoms with Crippen molar-refractivity contribution in [1.29, 1.82) is 0 Å². The summed E-state index contributed by atoms with van der Waals surface area (Å²) in [7, 11) is 0. The molecule has 0 radical (unpaired) electrons. The molecule has 0 amide bonds. The van der Waals surface area contributed by atoms with E-state index in [0.29, 0.717) is 0 Å². The molecule has 1 aromatic carbocycles. The highest BCUT2D eigenvalue weighted by Crippen LogP contribution is 2.11. The topological polar surface area (TPSA) is 0 Å². The standard InChI is InChI=1S/C12H17Br/c1-11(10-13)6-5-9-12-7-3-2-4-8-12/h2-4,7-8,11H,5-6,9-10H2,1H3. The van der Waals surface area contributed by atoms with E-state index in [4.69, 9.17) is 0 Å². The first-order valence-electron chi connectivity index (χ1n) is 4.93. The summed E-state index contributed by atoms with van der Waals surface area (Å²) in [5.41, 5.74) is 1.46. The van der Waals surface area contributed by atoms with Gasteiger partial charge in [-0.2, -0.15) is 0 Å². The van der Waals surface area contributed by atoms with E-state index in [2.05, 4.69) is 53.2 Å². The average molecular weight is 241 g/mol. The third-order valence-electron chi connectivity index (χ3n) is 2.27. The maximum absolute atomic E-state index is 3.50. The van der Waals surface area contributed by atoms with Gasteiger partial charge in [-0.05, 0) is 30.7 Å². The summed E-state index contributed by atoms with van der Waals surface area (Å²) >= 11 is 3.50. The Labute approximate surface area is 89.5 Å². The Hall–Kier alpha value is -0.300. The monoisotopic (exact) mass is 240 g/mol. The van der Waals surface area contributed by atoms with Crippen molar-refractivity contribution in [3.63, 3.8) is 0 Å². The van der Waals surface area contributed by atoms with Gasteiger partial charge >= 0.3 is 0 Å². The molecule has 0 aliphatic heterocycles. The Bertz CT molecular complexity index is 218. The molecule has 0 aliphatic carbocycles. The quantitative estimate of drug-likeness (QED) is 0.682. The highest BCUT2D eigenvalue weighted by Gasteiger charge is 1.99. The van der Waals surface area contributed by atoms with E-state index in [1.165, 1.54) is 24.8 Å². The van der Waals surface area contributed by atoms with Gasteiger partial charge in [0.25, 0.3) is 0 Å². The summed E-state index contributed by atoms with van der Waals surface area (Å²) in [6.07, 6.45) is 3.84. The van der Waals surface area contributed by atoms with Gasteiger partial charge in [0.05, 0.1) is 0 Å². The average Bonchev–Trinajstić information content (AvgIpc) is 2.19. The van der Waals surface area contributed by atoms with Crippen LogP contribution < -0.4 is 0 Å². The van der Waals surface area contributed by atoms with E-state index in [1.54, 1.807) is 0 Å². The van der Waals surface area contributed by atoms with Gasteiger partial charge in [0, 0.05) is 5.33 Å². The Balaban J connectivity index is 2.20. The number of alkyl halides is 1. The zero-order valence-corrected chi connectivity index (χ0v) is 9.76. The molecule has 0 bridgehead atoms. The van der Waals surface area contributed by atoms with E-state index >= 15 is 0 Å². The van der Waals surface area contributed by atoms with Crippen LogP contribution in [0.25, 0.3) is 0 Å². The summed E-state index contributed by atoms with van der Waals surface area (Å²) in [5.74, 6) is 0.809. The van der Waals surface area contributed by atoms with Crippen molar-refractivity contribution in [2.75, 3.05) is 5.33 Å². The zero-order valence-electron chi connectivity index (χ0n) is 8.17. The van der Waals surface area contributed by atoms with Crippen LogP contribution in [0.15, 0.2) is 30.3 Å². The molecule has 0 nitrogen and oxygen atoms in total. The van der Waals surface area contributed by atoms with E-state index in [9.17, 15) is 0 Å². The van der Waals surface area contributed by atoms with Gasteiger partial charge in [-0.15, -0.1) is 0 Å². The minimum Gasteiger partial charge on any atom is -0.0925 e. The van der Waals surface area contributed by atoms with E-state index in [0.717, 1.165) is 11.2 Å². The molecule has 0 saturated carbocycles. The molecule has 0 heterocycles. The maximum Gasteiger partial charge on any atom is 0.00570 e. The number of hydrogen-bond acceptors (Lipinski definition) is 0. The predicted molar refractivity (Wildman–Crippen MR) is 62.3 cm³/mol. The third kappa shape index (κ3) is 4.47. The largest absolute Gasteiger partial charge is 0.0925 e. The highest BCUT2D eigenvalue weighted by molar-refractivity contribution is 9.09. The predicted octanol–water partition coefficient (Wildman–Crippen LogP) is 4.04. The summed E-state index contributed by atoms with van der Waals surface area (Å²) < 4.78 is 0. The van der Waals surface area contributed by atoms with Crippen LogP contribution in [0.4, 0.5) is 0 Å². The van der Waals surface area contributed by atoms with Crippen molar-refractivity contribution in [3.8, 4) is 0 Å². The van der Waals surface area contributed by atoms with Crippen LogP contribution in [-0.4, -0.2) is 5.33 Å². The van der Waals surface area contributed by atoms with Crippen molar-refractivity contribution in [1.82, 2.24) is 0 Å². The van der Waals surface area contributed by atoms with Crippen molar-refractivity contribution in [2.24, 2.45) is 5.92 Å². The minimum atomic E-state index is 0.809. The molecule has 72 valence electrons. The van der Waals surface area contributed by atoms with Crippen LogP contribution in [-0.2, 0) is 6.42 Å². The molecule has 1 rings (SSSR count). The Kier molecular flexibility index (Phi) is 5.14. The molecule has 1 unspecified atom stereocenters. The SMILES string of the molecule is CC(CBr)CCCc1ccccc1. The van der Waals surface area contributed by atoms with Crippen LogP contribution >= 0.6 is 15.9 Å². The summed E-state index contributed by atoms with van der Waals surface area (Å²) in [5, 5.41) is 1.13. The minimum absolute atomic E-state index is 0.809. The second-order valence-corrected chi connectivity index (χ2v) is 4.28. The van der Waals surface area contributed by atoms with Crippen molar-refractivity contribution in [3.05, 3.63) is 35.9 Å². The van der Waals surface area contributed by atoms with E-state index < -0.39 is 0 Å². The molecule has 0 fully saturated rings. The van der Waals surface area contributed by atoms with E-state index in [1.807, 2.05) is 0 Å². The van der Waals surface area contributed by atoms with Crippen LogP contribution in [0.3, 0.4) is 0 Å². The highest BCUT2D eigenvalue weighted by atomic mass is 79.9. The molecular formula is C12H17Br. The van der Waals surface area contributed by atoms with Crippen LogP contribution in [0.2, 0.25) is 0 Å². The Morgan fingerprint density at radius 1 is 1.23 bits per heavy atom. The van der Waals surface area contributed by atoms with Crippen molar-refractivity contribution < 1.29 is 0 Å². The lowest BCUT2D eigenvalue weighted by molar-refractivity contribution is 0.567. The van der Waals surface area contributed by atoms with Gasteiger partial charge in [-0.1, -0.05) is 53.2 Å². The molecule has 1 aromatic rings. The van der Waals surface area contributed by atoms with Crippen molar-refractivity contribution >= 4 is 15.9 Å². The van der Waals surface area contributed by atoms with Crippen molar-refractivity contribution in [2.45, 2.75) is 26.2 Å². The first-order chi connectivity index (χ1) is 6.33. The maximum atomic E-state index is 3.50. The molecule has 0 aliphatic rings. The summed E-state index contributed by atoms with van der Waals surface area (Å²) in [6, 6.07) is 10.7. The molecule has 0 N–H and O–H groups in total. The fourth-order valence-corrected chi connectivity index (χ4v) is 1.70. The van der Waals surface area contributed by atoms with Gasteiger partial charge in [0.15, 0.2) is 0 Å². The zero-order chi connectivity index (χ0) is 9.52. The fraction of sp³-hybridized carbons (Fsp3) is 0.500. The van der Waals surface area contributed by atoms with Crippen LogP contribution in [0.5, 0.6) is 0 Å². The number of aryl methyl sites for hydroxylation is 1. The molecular weight excluding hydrogens is 224 g/mol. The van der Waals surface area contributed by atoms with Gasteiger partial charge in [-0.25, -0.2) is 0 Å². The Morgan fingerprint density at radius 3 is 2.54 bits per heavy atom. The Morgan fingerprint density at radius 2 is 1.92 bits per heavy atom. The molecule has 1 atom stereocenters. The van der Waals surface area contributed by atoms with Gasteiger partial charge in [0.2, 0.25) is 0 Å². The molecule has 0 spiro atoms. The lowest BCUT2D eigenvalue weighted by Gasteiger charge is -2.06. The van der Waals surface area contributed by atoms with Crippen LogP contribution in [0, 0.1) is 5.92 Å². The lowest BCUT2D eigenvalue weighted by atomic mass is 10.0. The van der Waals surface area contributed by atoms with Gasteiger partial charge in [-0.3, -0.25) is 0 Å². The second kappa shape index (κ2) is 6.20. The summed E-state index contributed by atoms with van der Waals surface area (Å²) in [6.45, 7) is 2.29. The number of rotatable bonds is 5. The number of halogens is 1. The van der Waals surface area contributed by atoms with Crippen LogP contribution in [0.1, 0.15) is 25.3 Å². The molecule has 0 saturated heterocycles. The molecule has 0 aromatic heterocycles. The normalized spacial score (nSPS) is 12.8. The first-order valence-corrected chi connectivity index (χ1v) is 6.05. The molecule has 13 heavy (non-hydrogen) atoms. The smallest absolute Gasteiger partial charge is 0.00570 e. The first kappa shape index (κ1) is 10.8. The summed E-state index contributed by atoms with van der Waals surface area (Å²) in [4.78, 5) is 0. The number of hydrogen-bond donors (Lipinski definition) is 0. The second-order valence-electron chi connectivity index (χ2n) is 3.64. The van der Waals surface area contributed by atoms with Gasteiger partial charge < -0.3 is 0 Å². The third-order valence-corrected chi connectivity index (χ3v) is 3.37. The number of benzene rings is 1. The molecule has 1 heteroatoms.